The average molecular weight is 587 g/mol. The fourth-order valence-electron chi connectivity index (χ4n) is 6.15. The minimum absolute atomic E-state index is 0.645. The van der Waals surface area contributed by atoms with Crippen molar-refractivity contribution in [2.24, 2.45) is 0 Å². The first-order chi connectivity index (χ1) is 22.7. The summed E-state index contributed by atoms with van der Waals surface area (Å²) in [5.41, 5.74) is 10.4. The molecule has 0 aliphatic carbocycles. The van der Waals surface area contributed by atoms with Crippen molar-refractivity contribution in [2.75, 3.05) is 0 Å². The fourth-order valence-corrected chi connectivity index (χ4v) is 6.15. The number of aromatic nitrogens is 3. The summed E-state index contributed by atoms with van der Waals surface area (Å²) < 4.78 is 0. The highest BCUT2D eigenvalue weighted by atomic mass is 14.8. The maximum absolute atomic E-state index is 9.65. The molecule has 4 nitrogen and oxygen atoms in total. The molecule has 0 saturated heterocycles. The van der Waals surface area contributed by atoms with Gasteiger partial charge in [-0.2, -0.15) is 5.26 Å². The van der Waals surface area contributed by atoms with E-state index in [0.717, 1.165) is 77.7 Å². The van der Waals surface area contributed by atoms with Gasteiger partial charge < -0.3 is 0 Å². The largest absolute Gasteiger partial charge is 0.255 e. The van der Waals surface area contributed by atoms with Gasteiger partial charge in [-0.05, 0) is 116 Å². The van der Waals surface area contributed by atoms with Crippen molar-refractivity contribution in [3.8, 4) is 62.2 Å². The van der Waals surface area contributed by atoms with Crippen molar-refractivity contribution in [3.05, 3.63) is 164 Å². The topological polar surface area (TPSA) is 62.5 Å². The van der Waals surface area contributed by atoms with Crippen LogP contribution in [0.1, 0.15) is 5.56 Å². The van der Waals surface area contributed by atoms with Crippen LogP contribution in [0, 0.1) is 11.3 Å². The lowest BCUT2D eigenvalue weighted by Gasteiger charge is -2.15. The van der Waals surface area contributed by atoms with E-state index in [4.69, 9.17) is 4.98 Å². The molecule has 46 heavy (non-hydrogen) atoms. The summed E-state index contributed by atoms with van der Waals surface area (Å²) in [6.45, 7) is 0. The van der Waals surface area contributed by atoms with E-state index in [9.17, 15) is 5.26 Å². The highest BCUT2D eigenvalue weighted by molar-refractivity contribution is 6.05. The van der Waals surface area contributed by atoms with Crippen LogP contribution in [0.4, 0.5) is 0 Å². The van der Waals surface area contributed by atoms with E-state index in [1.807, 2.05) is 54.6 Å². The van der Waals surface area contributed by atoms with Gasteiger partial charge in [0, 0.05) is 12.4 Å². The molecule has 0 radical (unpaired) electrons. The van der Waals surface area contributed by atoms with Gasteiger partial charge in [-0.25, -0.2) is 4.98 Å². The van der Waals surface area contributed by atoms with Crippen LogP contribution in [0.3, 0.4) is 0 Å². The van der Waals surface area contributed by atoms with E-state index in [-0.39, 0.29) is 0 Å². The first-order valence-electron chi connectivity index (χ1n) is 15.2. The Balaban J connectivity index is 1.29. The lowest BCUT2D eigenvalue weighted by Crippen LogP contribution is -1.94. The molecule has 4 heteroatoms. The predicted molar refractivity (Wildman–Crippen MR) is 187 cm³/mol. The summed E-state index contributed by atoms with van der Waals surface area (Å²) in [5.74, 6) is 0. The third-order valence-electron chi connectivity index (χ3n) is 8.37. The Morgan fingerprint density at radius 2 is 1.11 bits per heavy atom. The molecule has 0 fully saturated rings. The summed E-state index contributed by atoms with van der Waals surface area (Å²) in [7, 11) is 0. The number of nitriles is 1. The van der Waals surface area contributed by atoms with Crippen molar-refractivity contribution >= 4 is 21.5 Å². The zero-order valence-corrected chi connectivity index (χ0v) is 24.8. The smallest absolute Gasteiger partial charge is 0.0991 e. The van der Waals surface area contributed by atoms with Crippen LogP contribution in [0.5, 0.6) is 0 Å². The summed E-state index contributed by atoms with van der Waals surface area (Å²) in [6, 6.07) is 52.2. The van der Waals surface area contributed by atoms with Crippen LogP contribution in [0.15, 0.2) is 158 Å². The number of rotatable bonds is 5. The van der Waals surface area contributed by atoms with Crippen molar-refractivity contribution in [1.82, 2.24) is 15.0 Å². The van der Waals surface area contributed by atoms with Gasteiger partial charge in [0.1, 0.15) is 0 Å². The Hall–Kier alpha value is -6.44. The van der Waals surface area contributed by atoms with Gasteiger partial charge >= 0.3 is 0 Å². The molecular formula is C42H26N4. The van der Waals surface area contributed by atoms with E-state index in [1.165, 1.54) is 0 Å². The fraction of sp³-hybridized carbons (Fsp3) is 0. The highest BCUT2D eigenvalue weighted by Crippen LogP contribution is 2.40. The third kappa shape index (κ3) is 5.06. The normalized spacial score (nSPS) is 11.0. The van der Waals surface area contributed by atoms with Gasteiger partial charge in [-0.15, -0.1) is 0 Å². The van der Waals surface area contributed by atoms with Gasteiger partial charge in [0.15, 0.2) is 0 Å². The first kappa shape index (κ1) is 27.1. The number of nitrogens with zero attached hydrogens (tertiary/aromatic N) is 4. The lowest BCUT2D eigenvalue weighted by atomic mass is 9.88. The Morgan fingerprint density at radius 1 is 0.435 bits per heavy atom. The number of hydrogen-bond donors (Lipinski definition) is 0. The molecule has 8 aromatic rings. The molecule has 0 saturated carbocycles. The molecule has 0 atom stereocenters. The molecule has 0 unspecified atom stereocenters. The Kier molecular flexibility index (Phi) is 6.83. The molecular weight excluding hydrogens is 560 g/mol. The molecule has 3 aromatic heterocycles. The predicted octanol–water partition coefficient (Wildman–Crippen LogP) is 10.4. The van der Waals surface area contributed by atoms with Crippen LogP contribution in [-0.4, -0.2) is 15.0 Å². The molecule has 8 rings (SSSR count). The van der Waals surface area contributed by atoms with E-state index >= 15 is 0 Å². The molecule has 3 heterocycles. The van der Waals surface area contributed by atoms with Crippen molar-refractivity contribution in [2.45, 2.75) is 0 Å². The number of benzene rings is 5. The molecule has 5 aromatic carbocycles. The van der Waals surface area contributed by atoms with E-state index in [2.05, 4.69) is 107 Å². The summed E-state index contributed by atoms with van der Waals surface area (Å²) in [4.78, 5) is 14.1. The zero-order chi connectivity index (χ0) is 30.9. The Labute approximate surface area is 266 Å². The van der Waals surface area contributed by atoms with Gasteiger partial charge in [-0.3, -0.25) is 9.97 Å². The average Bonchev–Trinajstić information content (AvgIpc) is 3.14. The molecule has 0 aliphatic heterocycles. The maximum atomic E-state index is 9.65. The quantitative estimate of drug-likeness (QED) is 0.201. The minimum Gasteiger partial charge on any atom is -0.255 e. The third-order valence-corrected chi connectivity index (χ3v) is 8.37. The Bertz CT molecular complexity index is 2370. The lowest BCUT2D eigenvalue weighted by molar-refractivity contribution is 1.22. The molecule has 0 spiro atoms. The summed E-state index contributed by atoms with van der Waals surface area (Å²) >= 11 is 0. The SMILES string of the molecule is N#Cc1cccc(-c2c(-c3ccc4ccc(-c5cc(-c6ccccn6)nc(-c6ccccn6)c5)cc4c3)ccc3ccccc23)c1. The number of fused-ring (bicyclic) bond motifs is 2. The van der Waals surface area contributed by atoms with Crippen LogP contribution in [0.2, 0.25) is 0 Å². The second kappa shape index (κ2) is 11.6. The van der Waals surface area contributed by atoms with Gasteiger partial charge in [0.2, 0.25) is 0 Å². The minimum atomic E-state index is 0.645. The molecule has 0 aliphatic rings. The highest BCUT2D eigenvalue weighted by Gasteiger charge is 2.14. The van der Waals surface area contributed by atoms with Crippen LogP contribution in [0.25, 0.3) is 77.7 Å². The van der Waals surface area contributed by atoms with Crippen LogP contribution >= 0.6 is 0 Å². The zero-order valence-electron chi connectivity index (χ0n) is 24.8. The number of hydrogen-bond acceptors (Lipinski definition) is 4. The van der Waals surface area contributed by atoms with Crippen LogP contribution in [-0.2, 0) is 0 Å². The molecule has 0 amide bonds. The van der Waals surface area contributed by atoms with E-state index in [0.29, 0.717) is 5.56 Å². The molecule has 214 valence electrons. The summed E-state index contributed by atoms with van der Waals surface area (Å²) in [6.07, 6.45) is 3.58. The maximum Gasteiger partial charge on any atom is 0.0991 e. The first-order valence-corrected chi connectivity index (χ1v) is 15.2. The second-order valence-electron chi connectivity index (χ2n) is 11.2. The second-order valence-corrected chi connectivity index (χ2v) is 11.2. The van der Waals surface area contributed by atoms with Crippen LogP contribution < -0.4 is 0 Å². The van der Waals surface area contributed by atoms with Crippen molar-refractivity contribution in [3.63, 3.8) is 0 Å². The van der Waals surface area contributed by atoms with Gasteiger partial charge in [-0.1, -0.05) is 84.9 Å². The van der Waals surface area contributed by atoms with E-state index < -0.39 is 0 Å². The van der Waals surface area contributed by atoms with Gasteiger partial charge in [0.05, 0.1) is 34.4 Å². The Morgan fingerprint density at radius 3 is 1.83 bits per heavy atom. The monoisotopic (exact) mass is 586 g/mol. The van der Waals surface area contributed by atoms with Gasteiger partial charge in [0.25, 0.3) is 0 Å². The number of pyridine rings is 3. The van der Waals surface area contributed by atoms with Crippen molar-refractivity contribution < 1.29 is 0 Å². The van der Waals surface area contributed by atoms with E-state index in [1.54, 1.807) is 12.4 Å². The molecule has 0 bridgehead atoms. The standard InChI is InChI=1S/C42H26N4/c43-27-28-8-7-10-33(22-28)42-36-11-2-1-9-30(36)18-19-37(42)32-17-15-29-14-16-31(23-34(29)24-32)35-25-40(38-12-3-5-20-44-38)46-41(26-35)39-13-4-6-21-45-39/h1-26H. The van der Waals surface area contributed by atoms with Crippen molar-refractivity contribution in [1.29, 1.82) is 5.26 Å². The summed E-state index contributed by atoms with van der Waals surface area (Å²) in [5, 5.41) is 14.3. The molecule has 0 N–H and O–H groups in total.